The summed E-state index contributed by atoms with van der Waals surface area (Å²) in [7, 11) is 6.28. The molecule has 5 heteroatoms. The van der Waals surface area contributed by atoms with Crippen LogP contribution in [0.1, 0.15) is 51.9 Å². The highest BCUT2D eigenvalue weighted by Crippen LogP contribution is 2.06. The van der Waals surface area contributed by atoms with Gasteiger partial charge in [-0.2, -0.15) is 0 Å². The zero-order chi connectivity index (χ0) is 16.9. The molecule has 0 saturated carbocycles. The second-order valence-electron chi connectivity index (χ2n) is 6.90. The molecule has 1 rings (SSSR count). The van der Waals surface area contributed by atoms with Crippen LogP contribution in [0.2, 0.25) is 0 Å². The van der Waals surface area contributed by atoms with Crippen LogP contribution in [0.25, 0.3) is 0 Å². The van der Waals surface area contributed by atoms with Crippen LogP contribution in [0.3, 0.4) is 0 Å². The predicted molar refractivity (Wildman–Crippen MR) is 101 cm³/mol. The minimum absolute atomic E-state index is 0.561. The normalized spacial score (nSPS) is 20.7. The number of guanidine groups is 1. The Kier molecular flexibility index (Phi) is 11.1. The molecule has 136 valence electrons. The van der Waals surface area contributed by atoms with E-state index in [0.717, 1.165) is 38.7 Å². The fourth-order valence-electron chi connectivity index (χ4n) is 3.05. The summed E-state index contributed by atoms with van der Waals surface area (Å²) in [5.41, 5.74) is 0. The van der Waals surface area contributed by atoms with Gasteiger partial charge in [0.25, 0.3) is 0 Å². The van der Waals surface area contributed by atoms with Crippen molar-refractivity contribution in [2.24, 2.45) is 4.99 Å². The van der Waals surface area contributed by atoms with Gasteiger partial charge in [0.15, 0.2) is 5.96 Å². The van der Waals surface area contributed by atoms with Crippen LogP contribution in [0.5, 0.6) is 0 Å². The first kappa shape index (κ1) is 20.2. The monoisotopic (exact) mass is 325 g/mol. The van der Waals surface area contributed by atoms with Crippen molar-refractivity contribution >= 4 is 5.96 Å². The third-order valence-electron chi connectivity index (χ3n) is 4.78. The fourth-order valence-corrected chi connectivity index (χ4v) is 3.05. The molecule has 1 atom stereocenters. The van der Waals surface area contributed by atoms with Crippen molar-refractivity contribution in [1.29, 1.82) is 0 Å². The molecule has 0 aromatic heterocycles. The van der Waals surface area contributed by atoms with Crippen molar-refractivity contribution in [1.82, 2.24) is 20.4 Å². The number of piperazine rings is 1. The lowest BCUT2D eigenvalue weighted by Crippen LogP contribution is -2.55. The zero-order valence-electron chi connectivity index (χ0n) is 15.9. The smallest absolute Gasteiger partial charge is 0.191 e. The predicted octanol–water partition coefficient (Wildman–Crippen LogP) is 2.15. The molecule has 2 N–H and O–H groups in total. The lowest BCUT2D eigenvalue weighted by atomic mass is 10.1. The van der Waals surface area contributed by atoms with Crippen molar-refractivity contribution in [3.63, 3.8) is 0 Å². The Morgan fingerprint density at radius 1 is 1.00 bits per heavy atom. The quantitative estimate of drug-likeness (QED) is 0.367. The molecule has 1 saturated heterocycles. The van der Waals surface area contributed by atoms with Crippen molar-refractivity contribution in [3.8, 4) is 0 Å². The summed E-state index contributed by atoms with van der Waals surface area (Å²) >= 11 is 0. The molecule has 0 spiro atoms. The molecule has 1 fully saturated rings. The summed E-state index contributed by atoms with van der Waals surface area (Å²) in [6.07, 6.45) is 9.43. The molecule has 1 unspecified atom stereocenters. The van der Waals surface area contributed by atoms with E-state index in [2.05, 4.69) is 46.4 Å². The molecule has 1 heterocycles. The van der Waals surface area contributed by atoms with Crippen LogP contribution >= 0.6 is 0 Å². The molecule has 0 aliphatic carbocycles. The molecule has 0 radical (unpaired) electrons. The highest BCUT2D eigenvalue weighted by Gasteiger charge is 2.21. The van der Waals surface area contributed by atoms with Crippen molar-refractivity contribution < 1.29 is 0 Å². The summed E-state index contributed by atoms with van der Waals surface area (Å²) in [6.45, 7) is 7.68. The Bertz CT molecular complexity index is 319. The topological polar surface area (TPSA) is 42.9 Å². The maximum atomic E-state index is 4.34. The maximum absolute atomic E-state index is 4.34. The molecule has 0 bridgehead atoms. The van der Waals surface area contributed by atoms with Gasteiger partial charge in [0.1, 0.15) is 0 Å². The fraction of sp³-hybridized carbons (Fsp3) is 0.944. The maximum Gasteiger partial charge on any atom is 0.191 e. The Morgan fingerprint density at radius 2 is 1.70 bits per heavy atom. The number of nitrogens with zero attached hydrogens (tertiary/aromatic N) is 3. The van der Waals surface area contributed by atoms with E-state index < -0.39 is 0 Å². The van der Waals surface area contributed by atoms with Crippen molar-refractivity contribution in [2.45, 2.75) is 57.9 Å². The van der Waals surface area contributed by atoms with E-state index in [1.54, 1.807) is 0 Å². The third-order valence-corrected chi connectivity index (χ3v) is 4.78. The number of likely N-dealkylation sites (N-methyl/N-ethyl adjacent to an activating group) is 2. The largest absolute Gasteiger partial charge is 0.356 e. The van der Waals surface area contributed by atoms with E-state index in [0.29, 0.717) is 6.04 Å². The van der Waals surface area contributed by atoms with Crippen LogP contribution in [0.4, 0.5) is 0 Å². The second kappa shape index (κ2) is 12.6. The Balaban J connectivity index is 2.08. The first-order chi connectivity index (χ1) is 11.2. The molecule has 23 heavy (non-hydrogen) atoms. The van der Waals surface area contributed by atoms with Gasteiger partial charge in [0, 0.05) is 45.8 Å². The Hall–Kier alpha value is -0.810. The number of unbranched alkanes of at least 4 members (excludes halogenated alkanes) is 6. The van der Waals surface area contributed by atoms with Crippen molar-refractivity contribution in [3.05, 3.63) is 0 Å². The first-order valence-electron chi connectivity index (χ1n) is 9.50. The molecular weight excluding hydrogens is 286 g/mol. The van der Waals surface area contributed by atoms with Crippen LogP contribution in [-0.4, -0.2) is 75.7 Å². The SMILES string of the molecule is CCCCCCCCCNC(=NC)NCC1CN(C)CCN1C. The molecule has 1 aliphatic heterocycles. The average Bonchev–Trinajstić information content (AvgIpc) is 2.55. The molecule has 0 amide bonds. The highest BCUT2D eigenvalue weighted by molar-refractivity contribution is 5.79. The third kappa shape index (κ3) is 9.16. The summed E-state index contributed by atoms with van der Waals surface area (Å²) in [6, 6.07) is 0.561. The van der Waals surface area contributed by atoms with E-state index in [9.17, 15) is 0 Å². The summed E-state index contributed by atoms with van der Waals surface area (Å²) in [5.74, 6) is 0.942. The first-order valence-corrected chi connectivity index (χ1v) is 9.50. The average molecular weight is 326 g/mol. The van der Waals surface area contributed by atoms with E-state index >= 15 is 0 Å². The second-order valence-corrected chi connectivity index (χ2v) is 6.90. The van der Waals surface area contributed by atoms with Gasteiger partial charge in [-0.15, -0.1) is 0 Å². The van der Waals surface area contributed by atoms with Gasteiger partial charge in [-0.05, 0) is 20.5 Å². The number of rotatable bonds is 10. The molecule has 1 aliphatic rings. The van der Waals surface area contributed by atoms with Crippen LogP contribution < -0.4 is 10.6 Å². The zero-order valence-corrected chi connectivity index (χ0v) is 15.9. The van der Waals surface area contributed by atoms with E-state index in [4.69, 9.17) is 0 Å². The lowest BCUT2D eigenvalue weighted by Gasteiger charge is -2.37. The summed E-state index contributed by atoms with van der Waals surface area (Å²) in [5, 5.41) is 6.92. The van der Waals surface area contributed by atoms with Crippen LogP contribution in [0.15, 0.2) is 4.99 Å². The van der Waals surface area contributed by atoms with E-state index in [1.165, 1.54) is 44.9 Å². The number of aliphatic imine (C=N–C) groups is 1. The van der Waals surface area contributed by atoms with Crippen LogP contribution in [-0.2, 0) is 0 Å². The van der Waals surface area contributed by atoms with Gasteiger partial charge in [-0.3, -0.25) is 9.89 Å². The van der Waals surface area contributed by atoms with Crippen LogP contribution in [0, 0.1) is 0 Å². The highest BCUT2D eigenvalue weighted by atomic mass is 15.3. The number of hydrogen-bond donors (Lipinski definition) is 2. The minimum atomic E-state index is 0.561. The van der Waals surface area contributed by atoms with E-state index in [1.807, 2.05) is 7.05 Å². The minimum Gasteiger partial charge on any atom is -0.356 e. The van der Waals surface area contributed by atoms with Gasteiger partial charge in [0.05, 0.1) is 0 Å². The number of hydrogen-bond acceptors (Lipinski definition) is 3. The molecule has 5 nitrogen and oxygen atoms in total. The molecular formula is C18H39N5. The Morgan fingerprint density at radius 3 is 2.39 bits per heavy atom. The van der Waals surface area contributed by atoms with Crippen molar-refractivity contribution in [2.75, 3.05) is 53.9 Å². The molecule has 0 aromatic carbocycles. The van der Waals surface area contributed by atoms with Gasteiger partial charge >= 0.3 is 0 Å². The Labute approximate surface area is 143 Å². The number of nitrogens with one attached hydrogen (secondary N) is 2. The standard InChI is InChI=1S/C18H39N5/c1-5-6-7-8-9-10-11-12-20-18(19-2)21-15-17-16-22(3)13-14-23(17)4/h17H,5-16H2,1-4H3,(H2,19,20,21). The van der Waals surface area contributed by atoms with Gasteiger partial charge in [-0.25, -0.2) is 0 Å². The lowest BCUT2D eigenvalue weighted by molar-refractivity contribution is 0.116. The van der Waals surface area contributed by atoms with Gasteiger partial charge in [0.2, 0.25) is 0 Å². The van der Waals surface area contributed by atoms with Gasteiger partial charge in [-0.1, -0.05) is 45.4 Å². The van der Waals surface area contributed by atoms with E-state index in [-0.39, 0.29) is 0 Å². The van der Waals surface area contributed by atoms with Gasteiger partial charge < -0.3 is 15.5 Å². The summed E-state index contributed by atoms with van der Waals surface area (Å²) in [4.78, 5) is 9.18. The molecule has 0 aromatic rings. The summed E-state index contributed by atoms with van der Waals surface area (Å²) < 4.78 is 0.